The van der Waals surface area contributed by atoms with Gasteiger partial charge in [0, 0.05) is 16.6 Å². The highest BCUT2D eigenvalue weighted by atomic mass is 16.5. The number of esters is 1. The molecule has 0 saturated heterocycles. The topological polar surface area (TPSA) is 31.2 Å². The normalized spacial score (nSPS) is 12.8. The van der Waals surface area contributed by atoms with E-state index in [9.17, 15) is 4.79 Å². The molecule has 1 heterocycles. The van der Waals surface area contributed by atoms with E-state index in [-0.39, 0.29) is 17.9 Å². The fourth-order valence-electron chi connectivity index (χ4n) is 3.67. The van der Waals surface area contributed by atoms with Crippen molar-refractivity contribution in [3.8, 4) is 0 Å². The van der Waals surface area contributed by atoms with Gasteiger partial charge in [-0.2, -0.15) is 0 Å². The number of nitrogens with zero attached hydrogens (tertiary/aromatic N) is 1. The zero-order valence-electron chi connectivity index (χ0n) is 16.0. The molecule has 1 aromatic carbocycles. The number of carbonyl (C=O) groups is 1. The quantitative estimate of drug-likeness (QED) is 0.652. The Morgan fingerprint density at radius 3 is 2.46 bits per heavy atom. The number of carbonyl (C=O) groups excluding carboxylic acids is 1. The van der Waals surface area contributed by atoms with Crippen LogP contribution in [0.2, 0.25) is 0 Å². The van der Waals surface area contributed by atoms with Gasteiger partial charge in [0.25, 0.3) is 0 Å². The van der Waals surface area contributed by atoms with Crippen LogP contribution in [0.5, 0.6) is 0 Å². The molecule has 0 aliphatic carbocycles. The maximum atomic E-state index is 12.7. The molecule has 2 rings (SSSR count). The SMILES string of the molecule is CCCc1c(CC)c2cc(C)ccc2n1C(C(=O)OCC)C(C)C. The van der Waals surface area contributed by atoms with Gasteiger partial charge in [-0.05, 0) is 50.3 Å². The highest BCUT2D eigenvalue weighted by Crippen LogP contribution is 2.34. The lowest BCUT2D eigenvalue weighted by atomic mass is 10.0. The number of aryl methyl sites for hydroxylation is 2. The average Bonchev–Trinajstić information content (AvgIpc) is 2.81. The highest BCUT2D eigenvalue weighted by molar-refractivity contribution is 5.88. The van der Waals surface area contributed by atoms with E-state index >= 15 is 0 Å². The van der Waals surface area contributed by atoms with Gasteiger partial charge in [-0.1, -0.05) is 45.7 Å². The number of hydrogen-bond donors (Lipinski definition) is 0. The first-order valence-electron chi connectivity index (χ1n) is 9.25. The molecule has 24 heavy (non-hydrogen) atoms. The lowest BCUT2D eigenvalue weighted by molar-refractivity contribution is -0.148. The molecule has 132 valence electrons. The first-order chi connectivity index (χ1) is 11.5. The molecule has 3 heteroatoms. The lowest BCUT2D eigenvalue weighted by Crippen LogP contribution is -2.28. The molecule has 0 saturated carbocycles. The molecule has 0 bridgehead atoms. The molecule has 1 atom stereocenters. The average molecular weight is 329 g/mol. The van der Waals surface area contributed by atoms with Crippen LogP contribution in [0.3, 0.4) is 0 Å². The number of aromatic nitrogens is 1. The minimum Gasteiger partial charge on any atom is -0.464 e. The number of rotatable bonds is 7. The van der Waals surface area contributed by atoms with Crippen LogP contribution in [-0.4, -0.2) is 17.1 Å². The fraction of sp³-hybridized carbons (Fsp3) is 0.571. The summed E-state index contributed by atoms with van der Waals surface area (Å²) in [6.45, 7) is 13.0. The molecule has 0 aliphatic rings. The van der Waals surface area contributed by atoms with Crippen LogP contribution >= 0.6 is 0 Å². The van der Waals surface area contributed by atoms with E-state index in [0.717, 1.165) is 24.8 Å². The van der Waals surface area contributed by atoms with Gasteiger partial charge in [-0.25, -0.2) is 4.79 Å². The molecule has 0 amide bonds. The van der Waals surface area contributed by atoms with E-state index in [0.29, 0.717) is 6.61 Å². The lowest BCUT2D eigenvalue weighted by Gasteiger charge is -2.25. The second-order valence-electron chi connectivity index (χ2n) is 6.86. The fourth-order valence-corrected chi connectivity index (χ4v) is 3.67. The molecule has 0 spiro atoms. The second-order valence-corrected chi connectivity index (χ2v) is 6.86. The van der Waals surface area contributed by atoms with Crippen molar-refractivity contribution in [3.63, 3.8) is 0 Å². The van der Waals surface area contributed by atoms with Crippen molar-refractivity contribution in [1.29, 1.82) is 0 Å². The van der Waals surface area contributed by atoms with E-state index in [1.807, 2.05) is 6.92 Å². The van der Waals surface area contributed by atoms with Crippen molar-refractivity contribution < 1.29 is 9.53 Å². The first kappa shape index (κ1) is 18.6. The van der Waals surface area contributed by atoms with Crippen molar-refractivity contribution in [3.05, 3.63) is 35.0 Å². The van der Waals surface area contributed by atoms with Crippen molar-refractivity contribution in [2.75, 3.05) is 6.61 Å². The molecule has 0 N–H and O–H groups in total. The highest BCUT2D eigenvalue weighted by Gasteiger charge is 2.30. The molecular weight excluding hydrogens is 298 g/mol. The van der Waals surface area contributed by atoms with Crippen LogP contribution in [0.25, 0.3) is 10.9 Å². The zero-order valence-corrected chi connectivity index (χ0v) is 16.0. The summed E-state index contributed by atoms with van der Waals surface area (Å²) in [6.07, 6.45) is 3.03. The smallest absolute Gasteiger partial charge is 0.329 e. The van der Waals surface area contributed by atoms with Gasteiger partial charge in [0.1, 0.15) is 6.04 Å². The minimum atomic E-state index is -0.267. The van der Waals surface area contributed by atoms with Gasteiger partial charge < -0.3 is 9.30 Å². The Morgan fingerprint density at radius 1 is 1.21 bits per heavy atom. The second kappa shape index (κ2) is 7.87. The number of benzene rings is 1. The van der Waals surface area contributed by atoms with Crippen molar-refractivity contribution >= 4 is 16.9 Å². The Labute approximate surface area is 146 Å². The molecule has 1 aromatic heterocycles. The predicted molar refractivity (Wildman–Crippen MR) is 101 cm³/mol. The summed E-state index contributed by atoms with van der Waals surface area (Å²) in [5, 5.41) is 1.29. The van der Waals surface area contributed by atoms with E-state index in [2.05, 4.69) is 57.4 Å². The van der Waals surface area contributed by atoms with E-state index in [4.69, 9.17) is 4.74 Å². The first-order valence-corrected chi connectivity index (χ1v) is 9.25. The van der Waals surface area contributed by atoms with Gasteiger partial charge in [0.2, 0.25) is 0 Å². The minimum absolute atomic E-state index is 0.120. The number of hydrogen-bond acceptors (Lipinski definition) is 2. The monoisotopic (exact) mass is 329 g/mol. The molecule has 0 radical (unpaired) electrons. The Morgan fingerprint density at radius 2 is 1.92 bits per heavy atom. The van der Waals surface area contributed by atoms with Gasteiger partial charge in [-0.3, -0.25) is 0 Å². The summed E-state index contributed by atoms with van der Waals surface area (Å²) >= 11 is 0. The summed E-state index contributed by atoms with van der Waals surface area (Å²) in [7, 11) is 0. The van der Waals surface area contributed by atoms with Crippen molar-refractivity contribution in [2.24, 2.45) is 5.92 Å². The zero-order chi connectivity index (χ0) is 17.9. The van der Waals surface area contributed by atoms with Crippen molar-refractivity contribution in [1.82, 2.24) is 4.57 Å². The third kappa shape index (κ3) is 3.35. The van der Waals surface area contributed by atoms with Crippen molar-refractivity contribution in [2.45, 2.75) is 66.8 Å². The van der Waals surface area contributed by atoms with Crippen LogP contribution in [-0.2, 0) is 22.4 Å². The molecule has 0 aliphatic heterocycles. The molecule has 0 fully saturated rings. The van der Waals surface area contributed by atoms with E-state index in [1.54, 1.807) is 0 Å². The molecule has 1 unspecified atom stereocenters. The van der Waals surface area contributed by atoms with Gasteiger partial charge in [0.15, 0.2) is 0 Å². The third-order valence-electron chi connectivity index (χ3n) is 4.65. The predicted octanol–water partition coefficient (Wildman–Crippen LogP) is 5.22. The standard InChI is InChI=1S/C21H31NO2/c1-7-10-18-16(8-2)17-13-15(6)11-12-19(17)22(18)20(14(4)5)21(23)24-9-3/h11-14,20H,7-10H2,1-6H3. The Kier molecular flexibility index (Phi) is 6.09. The number of ether oxygens (including phenoxy) is 1. The third-order valence-corrected chi connectivity index (χ3v) is 4.65. The van der Waals surface area contributed by atoms with Crippen LogP contribution < -0.4 is 0 Å². The summed E-state index contributed by atoms with van der Waals surface area (Å²) < 4.78 is 7.67. The summed E-state index contributed by atoms with van der Waals surface area (Å²) in [5.41, 5.74) is 5.10. The largest absolute Gasteiger partial charge is 0.464 e. The molecule has 2 aromatic rings. The van der Waals surface area contributed by atoms with E-state index in [1.165, 1.54) is 22.2 Å². The number of fused-ring (bicyclic) bond motifs is 1. The Bertz CT molecular complexity index is 712. The maximum absolute atomic E-state index is 12.7. The Hall–Kier alpha value is -1.77. The van der Waals surface area contributed by atoms with Gasteiger partial charge in [-0.15, -0.1) is 0 Å². The summed E-state index contributed by atoms with van der Waals surface area (Å²) in [5.74, 6) is 0.0613. The molecule has 3 nitrogen and oxygen atoms in total. The van der Waals surface area contributed by atoms with Crippen LogP contribution in [0.4, 0.5) is 0 Å². The van der Waals surface area contributed by atoms with Gasteiger partial charge >= 0.3 is 5.97 Å². The van der Waals surface area contributed by atoms with Crippen LogP contribution in [0.1, 0.15) is 63.9 Å². The van der Waals surface area contributed by atoms with Crippen LogP contribution in [0.15, 0.2) is 18.2 Å². The van der Waals surface area contributed by atoms with Crippen LogP contribution in [0, 0.1) is 12.8 Å². The Balaban J connectivity index is 2.78. The maximum Gasteiger partial charge on any atom is 0.329 e. The summed E-state index contributed by atoms with van der Waals surface area (Å²) in [6, 6.07) is 6.29. The van der Waals surface area contributed by atoms with E-state index < -0.39 is 0 Å². The molecular formula is C21H31NO2. The van der Waals surface area contributed by atoms with Gasteiger partial charge in [0.05, 0.1) is 6.61 Å². The summed E-state index contributed by atoms with van der Waals surface area (Å²) in [4.78, 5) is 12.7.